The Morgan fingerprint density at radius 2 is 1.12 bits per heavy atom. The number of rotatable bonds is 15. The third-order valence-electron chi connectivity index (χ3n) is 3.88. The predicted molar refractivity (Wildman–Crippen MR) is 90.9 cm³/mol. The summed E-state index contributed by atoms with van der Waals surface area (Å²) in [7, 11) is 1.34. The highest BCUT2D eigenvalue weighted by Gasteiger charge is 1.99. The smallest absolute Gasteiger partial charge is 0.438 e. The molecule has 7 heteroatoms. The van der Waals surface area contributed by atoms with Crippen LogP contribution in [0.4, 0.5) is 4.79 Å². The molecule has 0 aliphatic heterocycles. The van der Waals surface area contributed by atoms with Crippen molar-refractivity contribution in [3.05, 3.63) is 0 Å². The zero-order chi connectivity index (χ0) is 19.2. The first-order chi connectivity index (χ1) is 12.0. The zero-order valence-electron chi connectivity index (χ0n) is 16.0. The third-order valence-corrected chi connectivity index (χ3v) is 3.88. The number of unbranched alkanes of at least 4 members (excludes halogenated alkanes) is 13. The quantitative estimate of drug-likeness (QED) is 0.208. The number of carbonyl (C=O) groups is 1. The van der Waals surface area contributed by atoms with Crippen LogP contribution in [0, 0.1) is 0 Å². The van der Waals surface area contributed by atoms with Crippen molar-refractivity contribution in [1.29, 1.82) is 0 Å². The summed E-state index contributed by atoms with van der Waals surface area (Å²) in [6.07, 6.45) is 18.1. The second-order valence-corrected chi connectivity index (χ2v) is 7.25. The van der Waals surface area contributed by atoms with Gasteiger partial charge >= 0.3 is 27.2 Å². The Bertz CT molecular complexity index is 261. The fourth-order valence-corrected chi connectivity index (χ4v) is 2.51. The topological polar surface area (TPSA) is 102 Å². The molecule has 0 aromatic heterocycles. The van der Waals surface area contributed by atoms with Crippen LogP contribution in [-0.2, 0) is 9.47 Å². The monoisotopic (exact) mass is 476 g/mol. The van der Waals surface area contributed by atoms with E-state index in [0.29, 0.717) is 6.61 Å². The lowest BCUT2D eigenvalue weighted by Gasteiger charge is -2.04. The van der Waals surface area contributed by atoms with Crippen molar-refractivity contribution in [3.63, 3.8) is 0 Å². The molecule has 0 bridgehead atoms. The number of hydrogen-bond donors (Lipinski definition) is 1. The highest BCUT2D eigenvalue weighted by Crippen LogP contribution is 2.12. The third kappa shape index (κ3) is 32.1. The van der Waals surface area contributed by atoms with Crippen molar-refractivity contribution in [2.45, 2.75) is 96.8 Å². The van der Waals surface area contributed by atoms with Crippen LogP contribution in [0.5, 0.6) is 0 Å². The Hall–Kier alpha value is -0.120. The molecule has 0 amide bonds. The first-order valence-corrected chi connectivity index (χ1v) is 12.2. The Morgan fingerprint density at radius 3 is 1.44 bits per heavy atom. The number of ether oxygens (including phenoxy) is 2. The molecule has 0 fully saturated rings. The molecule has 1 N–H and O–H groups in total. The molecule has 0 aromatic carbocycles. The summed E-state index contributed by atoms with van der Waals surface area (Å²) >= 11 is -3.76. The SMILES string of the molecule is CCCCCCCCCCCCCCCCOC(=O)OC.[O-][I+2]([O-])O. The van der Waals surface area contributed by atoms with Gasteiger partial charge in [-0.15, -0.1) is 0 Å². The van der Waals surface area contributed by atoms with Gasteiger partial charge in [0, 0.05) is 0 Å². The summed E-state index contributed by atoms with van der Waals surface area (Å²) in [6, 6.07) is 0. The lowest BCUT2D eigenvalue weighted by atomic mass is 10.0. The molecule has 0 spiro atoms. The second-order valence-electron chi connectivity index (χ2n) is 6.10. The van der Waals surface area contributed by atoms with Gasteiger partial charge in [-0.05, 0) is 9.86 Å². The highest BCUT2D eigenvalue weighted by atomic mass is 127. The van der Waals surface area contributed by atoms with Gasteiger partial charge in [0.1, 0.15) is 0 Å². The molecule has 25 heavy (non-hydrogen) atoms. The first kappa shape index (κ1) is 27.1. The Labute approximate surface area is 162 Å². The Balaban J connectivity index is 0. The maximum Gasteiger partial charge on any atom is 0.507 e. The van der Waals surface area contributed by atoms with Crippen molar-refractivity contribution in [3.8, 4) is 0 Å². The predicted octanol–water partition coefficient (Wildman–Crippen LogP) is 0.320. The van der Waals surface area contributed by atoms with Gasteiger partial charge in [0.15, 0.2) is 0 Å². The van der Waals surface area contributed by atoms with E-state index in [0.717, 1.165) is 12.8 Å². The van der Waals surface area contributed by atoms with Crippen LogP contribution >= 0.6 is 0 Å². The van der Waals surface area contributed by atoms with Crippen LogP contribution in [0.25, 0.3) is 0 Å². The number of halogens is 1. The van der Waals surface area contributed by atoms with Crippen molar-refractivity contribution in [2.24, 2.45) is 0 Å². The standard InChI is InChI=1S/C18H36O3.HIO3/c1-3-4-5-6-7-8-9-10-11-12-13-14-15-16-17-21-18(19)20-2;2-1(3)4/h3-17H2,1-2H3;2H. The van der Waals surface area contributed by atoms with Gasteiger partial charge in [-0.2, -0.15) is 0 Å². The molecule has 0 radical (unpaired) electrons. The van der Waals surface area contributed by atoms with Crippen molar-refractivity contribution in [1.82, 2.24) is 0 Å². The molecule has 152 valence electrons. The van der Waals surface area contributed by atoms with Crippen molar-refractivity contribution >= 4 is 6.16 Å². The maximum atomic E-state index is 10.7. The van der Waals surface area contributed by atoms with Crippen LogP contribution in [-0.4, -0.2) is 23.3 Å². The van der Waals surface area contributed by atoms with Gasteiger partial charge in [0.05, 0.1) is 13.7 Å². The number of hydrogen-bond acceptors (Lipinski definition) is 6. The molecule has 0 saturated carbocycles. The molecule has 0 unspecified atom stereocenters. The maximum absolute atomic E-state index is 10.7. The van der Waals surface area contributed by atoms with Crippen LogP contribution in [0.1, 0.15) is 96.8 Å². The molecule has 0 heterocycles. The fraction of sp³-hybridized carbons (Fsp3) is 0.944. The first-order valence-electron chi connectivity index (χ1n) is 9.49. The summed E-state index contributed by atoms with van der Waals surface area (Å²) in [5.41, 5.74) is 0. The molecular formula is C18H37IO6. The fourth-order valence-electron chi connectivity index (χ4n) is 2.51. The largest absolute Gasteiger partial charge is 0.507 e. The minimum absolute atomic E-state index is 0.491. The minimum Gasteiger partial charge on any atom is -0.438 e. The van der Waals surface area contributed by atoms with Crippen LogP contribution < -0.4 is 27.9 Å². The van der Waals surface area contributed by atoms with Gasteiger partial charge in [0.2, 0.25) is 0 Å². The summed E-state index contributed by atoms with van der Waals surface area (Å²) < 4.78 is 33.7. The molecule has 0 aromatic rings. The van der Waals surface area contributed by atoms with Gasteiger partial charge in [-0.3, -0.25) is 0 Å². The van der Waals surface area contributed by atoms with E-state index in [1.165, 1.54) is 84.2 Å². The Kier molecular flexibility index (Phi) is 25.9. The van der Waals surface area contributed by atoms with E-state index in [4.69, 9.17) is 15.0 Å². The van der Waals surface area contributed by atoms with Crippen molar-refractivity contribution in [2.75, 3.05) is 13.7 Å². The van der Waals surface area contributed by atoms with Gasteiger partial charge < -0.3 is 16.3 Å². The van der Waals surface area contributed by atoms with Crippen LogP contribution in [0.2, 0.25) is 0 Å². The van der Waals surface area contributed by atoms with Gasteiger partial charge in [-0.25, -0.2) is 4.79 Å². The highest BCUT2D eigenvalue weighted by molar-refractivity contribution is 5.59. The molecule has 6 nitrogen and oxygen atoms in total. The number of carbonyl (C=O) groups excluding carboxylic acids is 1. The van der Waals surface area contributed by atoms with E-state index < -0.39 is 27.2 Å². The summed E-state index contributed by atoms with van der Waals surface area (Å²) in [5, 5.41) is 0. The van der Waals surface area contributed by atoms with E-state index in [9.17, 15) is 4.79 Å². The van der Waals surface area contributed by atoms with Crippen LogP contribution in [0.15, 0.2) is 0 Å². The van der Waals surface area contributed by atoms with E-state index in [1.807, 2.05) is 0 Å². The van der Waals surface area contributed by atoms with E-state index >= 15 is 0 Å². The summed E-state index contributed by atoms with van der Waals surface area (Å²) in [5.74, 6) is 0. The minimum atomic E-state index is -3.76. The zero-order valence-corrected chi connectivity index (χ0v) is 18.1. The normalized spacial score (nSPS) is 10.3. The second kappa shape index (κ2) is 23.9. The molecule has 0 aliphatic carbocycles. The Morgan fingerprint density at radius 1 is 0.800 bits per heavy atom. The number of methoxy groups -OCH3 is 1. The van der Waals surface area contributed by atoms with E-state index in [-0.39, 0.29) is 0 Å². The van der Waals surface area contributed by atoms with Gasteiger partial charge in [-0.1, -0.05) is 90.4 Å². The van der Waals surface area contributed by atoms with E-state index in [1.54, 1.807) is 0 Å². The lowest BCUT2D eigenvalue weighted by Crippen LogP contribution is -3.98. The lowest BCUT2D eigenvalue weighted by molar-refractivity contribution is -1.63. The molecule has 0 aliphatic rings. The van der Waals surface area contributed by atoms with Crippen molar-refractivity contribution < 1.29 is 45.6 Å². The van der Waals surface area contributed by atoms with Crippen LogP contribution in [0.3, 0.4) is 0 Å². The average Bonchev–Trinajstić information content (AvgIpc) is 2.57. The molecule has 0 atom stereocenters. The molecular weight excluding hydrogens is 439 g/mol. The average molecular weight is 476 g/mol. The molecule has 0 saturated heterocycles. The van der Waals surface area contributed by atoms with Gasteiger partial charge in [0.25, 0.3) is 0 Å². The summed E-state index contributed by atoms with van der Waals surface area (Å²) in [4.78, 5) is 10.7. The molecule has 0 rings (SSSR count). The summed E-state index contributed by atoms with van der Waals surface area (Å²) in [6.45, 7) is 2.76. The van der Waals surface area contributed by atoms with E-state index in [2.05, 4.69) is 11.7 Å².